The number of carbonyl (C=O) groups excluding carboxylic acids is 1. The summed E-state index contributed by atoms with van der Waals surface area (Å²) < 4.78 is 11.0. The van der Waals surface area contributed by atoms with Gasteiger partial charge < -0.3 is 19.8 Å². The van der Waals surface area contributed by atoms with Crippen LogP contribution in [0.5, 0.6) is 5.75 Å². The minimum atomic E-state index is -0.160. The molecule has 0 atom stereocenters. The number of hydrogen-bond acceptors (Lipinski definition) is 4. The molecule has 1 aliphatic heterocycles. The molecule has 0 aliphatic carbocycles. The molecule has 1 aromatic heterocycles. The zero-order chi connectivity index (χ0) is 15.4. The Labute approximate surface area is 129 Å². The van der Waals surface area contributed by atoms with E-state index >= 15 is 0 Å². The number of anilines is 1. The highest BCUT2D eigenvalue weighted by Crippen LogP contribution is 2.35. The molecule has 0 saturated carbocycles. The monoisotopic (exact) mass is 298 g/mol. The molecule has 5 nitrogen and oxygen atoms in total. The maximum absolute atomic E-state index is 12.7. The van der Waals surface area contributed by atoms with Gasteiger partial charge in [0.1, 0.15) is 5.76 Å². The molecule has 2 aromatic rings. The van der Waals surface area contributed by atoms with Crippen LogP contribution in [-0.2, 0) is 4.79 Å². The number of unbranched alkanes of at least 4 members (excludes halogenated alkanes) is 1. The summed E-state index contributed by atoms with van der Waals surface area (Å²) in [7, 11) is 0. The van der Waals surface area contributed by atoms with Crippen LogP contribution in [0, 0.1) is 0 Å². The maximum Gasteiger partial charge on any atom is 0.294 e. The molecule has 0 radical (unpaired) electrons. The Bertz CT molecular complexity index is 677. The van der Waals surface area contributed by atoms with E-state index in [0.717, 1.165) is 18.5 Å². The molecule has 114 valence electrons. The van der Waals surface area contributed by atoms with Gasteiger partial charge in [-0.2, -0.15) is 0 Å². The van der Waals surface area contributed by atoms with Crippen LogP contribution >= 0.6 is 0 Å². The van der Waals surface area contributed by atoms with Crippen molar-refractivity contribution in [3.8, 4) is 5.75 Å². The van der Waals surface area contributed by atoms with Gasteiger partial charge >= 0.3 is 0 Å². The molecule has 0 fully saturated rings. The second-order valence-electron chi connectivity index (χ2n) is 5.05. The summed E-state index contributed by atoms with van der Waals surface area (Å²) in [5, 5.41) is 0. The highest BCUT2D eigenvalue weighted by molar-refractivity contribution is 6.09. The van der Waals surface area contributed by atoms with Gasteiger partial charge in [0.25, 0.3) is 5.91 Å². The lowest BCUT2D eigenvalue weighted by atomic mass is 10.2. The fourth-order valence-corrected chi connectivity index (χ4v) is 2.40. The Hall–Kier alpha value is -2.53. The van der Waals surface area contributed by atoms with Crippen molar-refractivity contribution >= 4 is 17.7 Å². The van der Waals surface area contributed by atoms with Crippen molar-refractivity contribution in [2.45, 2.75) is 12.8 Å². The number of hydrogen-bond donors (Lipinski definition) is 1. The summed E-state index contributed by atoms with van der Waals surface area (Å²) >= 11 is 0. The lowest BCUT2D eigenvalue weighted by Gasteiger charge is -2.30. The molecular weight excluding hydrogens is 280 g/mol. The minimum Gasteiger partial charge on any atom is -0.465 e. The Morgan fingerprint density at radius 2 is 2.00 bits per heavy atom. The van der Waals surface area contributed by atoms with E-state index in [4.69, 9.17) is 14.9 Å². The minimum absolute atomic E-state index is 0.160. The summed E-state index contributed by atoms with van der Waals surface area (Å²) in [6.07, 6.45) is 4.91. The summed E-state index contributed by atoms with van der Waals surface area (Å²) in [5.41, 5.74) is 6.33. The van der Waals surface area contributed by atoms with Crippen molar-refractivity contribution in [1.29, 1.82) is 0 Å². The topological polar surface area (TPSA) is 68.7 Å². The molecule has 1 aliphatic rings. The number of ether oxygens (including phenoxy) is 1. The Morgan fingerprint density at radius 3 is 2.77 bits per heavy atom. The number of amides is 1. The van der Waals surface area contributed by atoms with Crippen LogP contribution in [0.15, 0.2) is 52.8 Å². The number of nitrogens with two attached hydrogens (primary N) is 1. The zero-order valence-electron chi connectivity index (χ0n) is 12.2. The molecule has 0 saturated heterocycles. The molecule has 1 amide bonds. The van der Waals surface area contributed by atoms with Gasteiger partial charge in [-0.3, -0.25) is 4.79 Å². The van der Waals surface area contributed by atoms with E-state index < -0.39 is 0 Å². The van der Waals surface area contributed by atoms with Crippen LogP contribution in [-0.4, -0.2) is 19.0 Å². The second-order valence-corrected chi connectivity index (χ2v) is 5.05. The third-order valence-corrected chi connectivity index (χ3v) is 3.48. The number of carbonyl (C=O) groups is 1. The van der Waals surface area contributed by atoms with E-state index in [1.54, 1.807) is 29.4 Å². The molecule has 22 heavy (non-hydrogen) atoms. The van der Waals surface area contributed by atoms with Crippen LogP contribution in [0.4, 0.5) is 5.69 Å². The third-order valence-electron chi connectivity index (χ3n) is 3.48. The average molecular weight is 298 g/mol. The largest absolute Gasteiger partial charge is 0.465 e. The van der Waals surface area contributed by atoms with Crippen LogP contribution < -0.4 is 15.4 Å². The van der Waals surface area contributed by atoms with E-state index in [2.05, 4.69) is 0 Å². The van der Waals surface area contributed by atoms with Crippen molar-refractivity contribution < 1.29 is 13.9 Å². The molecular formula is C17H18N2O3. The summed E-state index contributed by atoms with van der Waals surface area (Å²) in [5.74, 6) is 1.37. The van der Waals surface area contributed by atoms with Gasteiger partial charge in [0.15, 0.2) is 11.5 Å². The van der Waals surface area contributed by atoms with E-state index in [1.165, 1.54) is 0 Å². The molecule has 3 rings (SSSR count). The number of rotatable bonds is 5. The van der Waals surface area contributed by atoms with Gasteiger partial charge in [-0.15, -0.1) is 0 Å². The first kappa shape index (κ1) is 14.4. The molecule has 0 unspecified atom stereocenters. The van der Waals surface area contributed by atoms with Crippen molar-refractivity contribution in [3.63, 3.8) is 0 Å². The lowest BCUT2D eigenvalue weighted by molar-refractivity contribution is -0.117. The van der Waals surface area contributed by atoms with Crippen molar-refractivity contribution in [2.24, 2.45) is 5.73 Å². The summed E-state index contributed by atoms with van der Waals surface area (Å²) in [6, 6.07) is 11.1. The molecule has 2 heterocycles. The number of fused-ring (bicyclic) bond motifs is 1. The highest BCUT2D eigenvalue weighted by atomic mass is 16.5. The van der Waals surface area contributed by atoms with Gasteiger partial charge in [-0.05, 0) is 43.7 Å². The first-order valence-electron chi connectivity index (χ1n) is 7.33. The van der Waals surface area contributed by atoms with Gasteiger partial charge in [-0.1, -0.05) is 12.1 Å². The molecule has 5 heteroatoms. The number of furan rings is 1. The highest BCUT2D eigenvalue weighted by Gasteiger charge is 2.29. The van der Waals surface area contributed by atoms with E-state index in [0.29, 0.717) is 24.6 Å². The Balaban J connectivity index is 1.92. The van der Waals surface area contributed by atoms with Gasteiger partial charge in [0.2, 0.25) is 0 Å². The summed E-state index contributed by atoms with van der Waals surface area (Å²) in [6.45, 7) is 1.24. The molecule has 0 spiro atoms. The maximum atomic E-state index is 12.7. The average Bonchev–Trinajstić information content (AvgIpc) is 3.04. The van der Waals surface area contributed by atoms with Crippen LogP contribution in [0.2, 0.25) is 0 Å². The molecule has 2 N–H and O–H groups in total. The van der Waals surface area contributed by atoms with Crippen molar-refractivity contribution in [1.82, 2.24) is 0 Å². The molecule has 1 aromatic carbocycles. The van der Waals surface area contributed by atoms with Gasteiger partial charge in [0.05, 0.1) is 12.0 Å². The second kappa shape index (κ2) is 6.49. The van der Waals surface area contributed by atoms with E-state index in [1.807, 2.05) is 24.3 Å². The molecule has 0 bridgehead atoms. The van der Waals surface area contributed by atoms with Crippen LogP contribution in [0.1, 0.15) is 18.6 Å². The first-order valence-corrected chi connectivity index (χ1v) is 7.33. The standard InChI is InChI=1S/C17H18N2O3/c18-9-3-4-10-19-14-7-1-2-8-15(14)22-16(17(19)20)12-13-6-5-11-21-13/h1-2,5-8,11-12H,3-4,9-10,18H2/b16-12+. The number of nitrogens with zero attached hydrogens (tertiary/aromatic N) is 1. The summed E-state index contributed by atoms with van der Waals surface area (Å²) in [4.78, 5) is 14.4. The number of para-hydroxylation sites is 2. The number of benzene rings is 1. The van der Waals surface area contributed by atoms with Crippen molar-refractivity contribution in [3.05, 3.63) is 54.2 Å². The van der Waals surface area contributed by atoms with E-state index in [9.17, 15) is 4.79 Å². The van der Waals surface area contributed by atoms with Gasteiger partial charge in [0, 0.05) is 12.6 Å². The van der Waals surface area contributed by atoms with E-state index in [-0.39, 0.29) is 11.7 Å². The lowest BCUT2D eigenvalue weighted by Crippen LogP contribution is -2.38. The van der Waals surface area contributed by atoms with Crippen molar-refractivity contribution in [2.75, 3.05) is 18.0 Å². The predicted octanol–water partition coefficient (Wildman–Crippen LogP) is 2.79. The quantitative estimate of drug-likeness (QED) is 0.680. The zero-order valence-corrected chi connectivity index (χ0v) is 12.2. The fourth-order valence-electron chi connectivity index (χ4n) is 2.40. The normalized spacial score (nSPS) is 15.8. The Kier molecular flexibility index (Phi) is 4.25. The predicted molar refractivity (Wildman–Crippen MR) is 84.4 cm³/mol. The smallest absolute Gasteiger partial charge is 0.294 e. The SMILES string of the molecule is NCCCCN1C(=O)/C(=C\c2ccco2)Oc2ccccc21. The van der Waals surface area contributed by atoms with Crippen LogP contribution in [0.25, 0.3) is 6.08 Å². The Morgan fingerprint density at radius 1 is 1.14 bits per heavy atom. The van der Waals surface area contributed by atoms with Gasteiger partial charge in [-0.25, -0.2) is 0 Å². The third kappa shape index (κ3) is 2.89. The first-order chi connectivity index (χ1) is 10.8. The van der Waals surface area contributed by atoms with Crippen LogP contribution in [0.3, 0.4) is 0 Å². The fraction of sp³-hybridized carbons (Fsp3) is 0.235.